The third-order valence-electron chi connectivity index (χ3n) is 1.52. The summed E-state index contributed by atoms with van der Waals surface area (Å²) in [6, 6.07) is 0. The molecule has 1 rings (SSSR count). The van der Waals surface area contributed by atoms with Crippen molar-refractivity contribution in [2.45, 2.75) is 12.5 Å². The van der Waals surface area contributed by atoms with Crippen molar-refractivity contribution in [2.24, 2.45) is 0 Å². The monoisotopic (exact) mass is 145 g/mol. The average Bonchev–Trinajstić information content (AvgIpc) is 2.64. The zero-order chi connectivity index (χ0) is 7.56. The summed E-state index contributed by atoms with van der Waals surface area (Å²) in [6.45, 7) is 1.37. The van der Waals surface area contributed by atoms with E-state index in [0.717, 1.165) is 13.0 Å². The summed E-state index contributed by atoms with van der Waals surface area (Å²) in [6.07, 6.45) is 0.269. The molecule has 1 N–H and O–H groups in total. The molecule has 1 amide bonds. The molecule has 4 heteroatoms. The molecule has 0 aromatic rings. The first-order valence-corrected chi connectivity index (χ1v) is 3.26. The van der Waals surface area contributed by atoms with Crippen molar-refractivity contribution in [3.05, 3.63) is 0 Å². The zero-order valence-corrected chi connectivity index (χ0v) is 5.91. The van der Waals surface area contributed by atoms with Gasteiger partial charge >= 0.3 is 6.09 Å². The van der Waals surface area contributed by atoms with Crippen LogP contribution in [-0.2, 0) is 4.74 Å². The van der Waals surface area contributed by atoms with Crippen LogP contribution in [0.5, 0.6) is 0 Å². The predicted molar refractivity (Wildman–Crippen MR) is 35.0 cm³/mol. The topological polar surface area (TPSA) is 53.1 Å². The van der Waals surface area contributed by atoms with Gasteiger partial charge in [-0.05, 0) is 6.42 Å². The van der Waals surface area contributed by atoms with Crippen molar-refractivity contribution < 1.29 is 14.6 Å². The highest BCUT2D eigenvalue weighted by Crippen LogP contribution is 2.13. The molecule has 1 heterocycles. The lowest BCUT2D eigenvalue weighted by molar-refractivity contribution is 0.154. The molecule has 0 saturated carbocycles. The third-order valence-corrected chi connectivity index (χ3v) is 1.52. The lowest BCUT2D eigenvalue weighted by Crippen LogP contribution is -2.26. The van der Waals surface area contributed by atoms with Gasteiger partial charge in [-0.15, -0.1) is 0 Å². The number of rotatable bonds is 3. The van der Waals surface area contributed by atoms with Crippen LogP contribution in [0.2, 0.25) is 0 Å². The van der Waals surface area contributed by atoms with E-state index < -0.39 is 6.09 Å². The van der Waals surface area contributed by atoms with E-state index in [0.29, 0.717) is 12.6 Å². The summed E-state index contributed by atoms with van der Waals surface area (Å²) in [7, 11) is 1.56. The van der Waals surface area contributed by atoms with Crippen LogP contribution < -0.4 is 0 Å². The smallest absolute Gasteiger partial charge is 0.407 e. The lowest BCUT2D eigenvalue weighted by Gasteiger charge is -2.10. The van der Waals surface area contributed by atoms with Crippen LogP contribution in [0.4, 0.5) is 4.79 Å². The first-order chi connectivity index (χ1) is 4.70. The van der Waals surface area contributed by atoms with E-state index >= 15 is 0 Å². The van der Waals surface area contributed by atoms with E-state index in [2.05, 4.69) is 0 Å². The molecule has 1 atom stereocenters. The minimum Gasteiger partial charge on any atom is -0.465 e. The number of hydrogen-bond acceptors (Lipinski definition) is 2. The molecule has 4 nitrogen and oxygen atoms in total. The Bertz CT molecular complexity index is 133. The third kappa shape index (κ3) is 2.23. The number of ether oxygens (including phenoxy) is 1. The van der Waals surface area contributed by atoms with Gasteiger partial charge in [-0.3, -0.25) is 0 Å². The van der Waals surface area contributed by atoms with Gasteiger partial charge in [0.15, 0.2) is 0 Å². The second-order valence-electron chi connectivity index (χ2n) is 2.45. The Balaban J connectivity index is 2.05. The Morgan fingerprint density at radius 1 is 1.90 bits per heavy atom. The van der Waals surface area contributed by atoms with Crippen molar-refractivity contribution in [3.63, 3.8) is 0 Å². The highest BCUT2D eigenvalue weighted by Gasteiger charge is 2.22. The summed E-state index contributed by atoms with van der Waals surface area (Å²) in [4.78, 5) is 11.5. The second kappa shape index (κ2) is 2.88. The van der Waals surface area contributed by atoms with Crippen LogP contribution in [0.25, 0.3) is 0 Å². The van der Waals surface area contributed by atoms with Crippen molar-refractivity contribution in [1.82, 2.24) is 4.90 Å². The number of nitrogens with zero attached hydrogens (tertiary/aromatic N) is 1. The number of carboxylic acid groups (broad SMARTS) is 1. The maximum absolute atomic E-state index is 10.2. The molecule has 1 saturated heterocycles. The van der Waals surface area contributed by atoms with Crippen LogP contribution in [0, 0.1) is 0 Å². The van der Waals surface area contributed by atoms with Gasteiger partial charge in [0.2, 0.25) is 0 Å². The summed E-state index contributed by atoms with van der Waals surface area (Å²) in [5, 5.41) is 8.40. The Labute approximate surface area is 59.4 Å². The minimum atomic E-state index is -0.874. The number of carbonyl (C=O) groups is 1. The molecule has 0 aromatic heterocycles. The summed E-state index contributed by atoms with van der Waals surface area (Å²) < 4.78 is 4.92. The van der Waals surface area contributed by atoms with Gasteiger partial charge in [-0.1, -0.05) is 0 Å². The SMILES string of the molecule is CN(CCC1CO1)C(=O)O. The fraction of sp³-hybridized carbons (Fsp3) is 0.833. The summed E-state index contributed by atoms with van der Waals surface area (Å²) in [5.74, 6) is 0. The van der Waals surface area contributed by atoms with Crippen molar-refractivity contribution in [2.75, 3.05) is 20.2 Å². The molecule has 1 aliphatic heterocycles. The standard InChI is InChI=1S/C6H11NO3/c1-7(6(8)9)3-2-5-4-10-5/h5H,2-4H2,1H3,(H,8,9). The van der Waals surface area contributed by atoms with E-state index in [1.807, 2.05) is 0 Å². The first-order valence-electron chi connectivity index (χ1n) is 3.26. The molecule has 10 heavy (non-hydrogen) atoms. The van der Waals surface area contributed by atoms with Crippen LogP contribution >= 0.6 is 0 Å². The normalized spacial score (nSPS) is 22.3. The molecular formula is C6H11NO3. The molecule has 0 aromatic carbocycles. The number of hydrogen-bond donors (Lipinski definition) is 1. The zero-order valence-electron chi connectivity index (χ0n) is 5.91. The van der Waals surface area contributed by atoms with E-state index in [-0.39, 0.29) is 0 Å². The maximum atomic E-state index is 10.2. The number of epoxide rings is 1. The van der Waals surface area contributed by atoms with E-state index in [1.165, 1.54) is 4.90 Å². The van der Waals surface area contributed by atoms with Gasteiger partial charge in [-0.2, -0.15) is 0 Å². The summed E-state index contributed by atoms with van der Waals surface area (Å²) >= 11 is 0. The minimum absolute atomic E-state index is 0.321. The van der Waals surface area contributed by atoms with Crippen LogP contribution in [0.1, 0.15) is 6.42 Å². The van der Waals surface area contributed by atoms with Crippen LogP contribution in [-0.4, -0.2) is 42.4 Å². The largest absolute Gasteiger partial charge is 0.465 e. The average molecular weight is 145 g/mol. The quantitative estimate of drug-likeness (QED) is 0.584. The Morgan fingerprint density at radius 3 is 2.90 bits per heavy atom. The Kier molecular flexibility index (Phi) is 2.11. The van der Waals surface area contributed by atoms with Crippen molar-refractivity contribution in [1.29, 1.82) is 0 Å². The molecule has 0 aliphatic carbocycles. The highest BCUT2D eigenvalue weighted by atomic mass is 16.6. The van der Waals surface area contributed by atoms with Gasteiger partial charge in [-0.25, -0.2) is 4.79 Å². The Morgan fingerprint density at radius 2 is 2.50 bits per heavy atom. The van der Waals surface area contributed by atoms with Crippen LogP contribution in [0.15, 0.2) is 0 Å². The fourth-order valence-electron chi connectivity index (χ4n) is 0.668. The molecule has 58 valence electrons. The molecule has 0 radical (unpaired) electrons. The van der Waals surface area contributed by atoms with Gasteiger partial charge < -0.3 is 14.7 Å². The first kappa shape index (κ1) is 7.34. The van der Waals surface area contributed by atoms with Gasteiger partial charge in [0.25, 0.3) is 0 Å². The highest BCUT2D eigenvalue weighted by molar-refractivity contribution is 5.64. The molecule has 1 aliphatic rings. The molecule has 1 fully saturated rings. The summed E-state index contributed by atoms with van der Waals surface area (Å²) in [5.41, 5.74) is 0. The molecular weight excluding hydrogens is 134 g/mol. The lowest BCUT2D eigenvalue weighted by atomic mass is 10.3. The van der Waals surface area contributed by atoms with Crippen LogP contribution in [0.3, 0.4) is 0 Å². The van der Waals surface area contributed by atoms with E-state index in [4.69, 9.17) is 9.84 Å². The van der Waals surface area contributed by atoms with E-state index in [1.54, 1.807) is 7.05 Å². The van der Waals surface area contributed by atoms with Gasteiger partial charge in [0.1, 0.15) is 0 Å². The predicted octanol–water partition coefficient (Wildman–Crippen LogP) is 0.385. The van der Waals surface area contributed by atoms with Crippen molar-refractivity contribution in [3.8, 4) is 0 Å². The van der Waals surface area contributed by atoms with Gasteiger partial charge in [0.05, 0.1) is 12.7 Å². The second-order valence-corrected chi connectivity index (χ2v) is 2.45. The molecule has 1 unspecified atom stereocenters. The maximum Gasteiger partial charge on any atom is 0.407 e. The number of amides is 1. The molecule has 0 bridgehead atoms. The Hall–Kier alpha value is -0.770. The van der Waals surface area contributed by atoms with Gasteiger partial charge in [0, 0.05) is 13.6 Å². The van der Waals surface area contributed by atoms with Crippen molar-refractivity contribution >= 4 is 6.09 Å². The fourth-order valence-corrected chi connectivity index (χ4v) is 0.668. The molecule has 0 spiro atoms. The van der Waals surface area contributed by atoms with E-state index in [9.17, 15) is 4.79 Å².